The lowest BCUT2D eigenvalue weighted by Crippen LogP contribution is -2.29. The van der Waals surface area contributed by atoms with Crippen molar-refractivity contribution >= 4 is 28.3 Å². The lowest BCUT2D eigenvalue weighted by molar-refractivity contribution is 0.0600. The number of aromatic nitrogens is 2. The van der Waals surface area contributed by atoms with Crippen molar-refractivity contribution in [1.82, 2.24) is 9.78 Å². The van der Waals surface area contributed by atoms with Crippen LogP contribution in [0.3, 0.4) is 0 Å². The van der Waals surface area contributed by atoms with E-state index in [4.69, 9.17) is 4.74 Å². The molecule has 0 saturated heterocycles. The Morgan fingerprint density at radius 1 is 1.11 bits per heavy atom. The van der Waals surface area contributed by atoms with E-state index in [-0.39, 0.29) is 17.2 Å². The molecule has 0 fully saturated rings. The molecule has 0 unspecified atom stereocenters. The minimum atomic E-state index is -0.495. The van der Waals surface area contributed by atoms with Gasteiger partial charge < -0.3 is 10.1 Å². The van der Waals surface area contributed by atoms with Crippen LogP contribution in [0.2, 0.25) is 0 Å². The first-order chi connectivity index (χ1) is 13.4. The second-order valence-corrected chi connectivity index (χ2v) is 6.80. The van der Waals surface area contributed by atoms with Crippen molar-refractivity contribution in [3.8, 4) is 0 Å². The molecule has 0 spiro atoms. The summed E-state index contributed by atoms with van der Waals surface area (Å²) in [6, 6.07) is 13.3. The van der Waals surface area contributed by atoms with Crippen LogP contribution in [0.5, 0.6) is 0 Å². The number of anilines is 1. The maximum Gasteiger partial charge on any atom is 0.337 e. The van der Waals surface area contributed by atoms with Crippen molar-refractivity contribution in [2.45, 2.75) is 20.4 Å². The number of carbonyl (C=O) groups excluding carboxylic acids is 2. The predicted octanol–water partition coefficient (Wildman–Crippen LogP) is 3.09. The summed E-state index contributed by atoms with van der Waals surface area (Å²) in [5.41, 5.74) is 0.677. The van der Waals surface area contributed by atoms with E-state index in [9.17, 15) is 14.4 Å². The lowest BCUT2D eigenvalue weighted by Gasteiger charge is -2.13. The fourth-order valence-corrected chi connectivity index (χ4v) is 2.90. The SMILES string of the molecule is COC(=O)c1cccc(NC(=O)c2nn(CC(C)C)c(=O)c3ccccc23)c1. The zero-order valence-electron chi connectivity index (χ0n) is 15.9. The molecule has 0 aliphatic carbocycles. The molecule has 1 heterocycles. The number of fused-ring (bicyclic) bond motifs is 1. The zero-order chi connectivity index (χ0) is 20.3. The van der Waals surface area contributed by atoms with Gasteiger partial charge in [0.1, 0.15) is 0 Å². The lowest BCUT2D eigenvalue weighted by atomic mass is 10.1. The average molecular weight is 379 g/mol. The van der Waals surface area contributed by atoms with Crippen LogP contribution in [-0.4, -0.2) is 28.8 Å². The second-order valence-electron chi connectivity index (χ2n) is 6.80. The summed E-state index contributed by atoms with van der Waals surface area (Å²) in [6.07, 6.45) is 0. The molecule has 7 nitrogen and oxygen atoms in total. The Morgan fingerprint density at radius 2 is 1.82 bits per heavy atom. The number of hydrogen-bond donors (Lipinski definition) is 1. The van der Waals surface area contributed by atoms with Crippen LogP contribution < -0.4 is 10.9 Å². The van der Waals surface area contributed by atoms with Crippen LogP contribution in [0.1, 0.15) is 34.7 Å². The number of nitrogens with zero attached hydrogens (tertiary/aromatic N) is 2. The molecule has 0 atom stereocenters. The molecule has 1 aromatic heterocycles. The Bertz CT molecular complexity index is 1100. The van der Waals surface area contributed by atoms with Gasteiger partial charge in [0.15, 0.2) is 5.69 Å². The van der Waals surface area contributed by atoms with Crippen LogP contribution >= 0.6 is 0 Å². The number of methoxy groups -OCH3 is 1. The van der Waals surface area contributed by atoms with Gasteiger partial charge in [0.2, 0.25) is 0 Å². The molecule has 0 bridgehead atoms. The minimum Gasteiger partial charge on any atom is -0.465 e. The highest BCUT2D eigenvalue weighted by atomic mass is 16.5. The number of esters is 1. The van der Waals surface area contributed by atoms with Gasteiger partial charge in [-0.1, -0.05) is 38.1 Å². The van der Waals surface area contributed by atoms with Gasteiger partial charge in [0.05, 0.1) is 18.1 Å². The molecule has 0 radical (unpaired) electrons. The molecule has 0 saturated carbocycles. The Morgan fingerprint density at radius 3 is 2.50 bits per heavy atom. The van der Waals surface area contributed by atoms with E-state index in [0.29, 0.717) is 28.6 Å². The van der Waals surface area contributed by atoms with E-state index in [1.165, 1.54) is 17.9 Å². The maximum atomic E-state index is 12.9. The smallest absolute Gasteiger partial charge is 0.337 e. The van der Waals surface area contributed by atoms with Crippen molar-refractivity contribution in [3.05, 3.63) is 70.1 Å². The number of benzene rings is 2. The van der Waals surface area contributed by atoms with E-state index in [0.717, 1.165) is 0 Å². The summed E-state index contributed by atoms with van der Waals surface area (Å²) in [7, 11) is 1.29. The van der Waals surface area contributed by atoms with Crippen LogP contribution in [0.15, 0.2) is 53.3 Å². The normalized spacial score (nSPS) is 10.9. The van der Waals surface area contributed by atoms with Crippen molar-refractivity contribution in [1.29, 1.82) is 0 Å². The van der Waals surface area contributed by atoms with Crippen molar-refractivity contribution in [3.63, 3.8) is 0 Å². The van der Waals surface area contributed by atoms with Gasteiger partial charge in [-0.15, -0.1) is 0 Å². The van der Waals surface area contributed by atoms with Gasteiger partial charge >= 0.3 is 5.97 Å². The average Bonchev–Trinajstić information content (AvgIpc) is 2.69. The topological polar surface area (TPSA) is 90.3 Å². The van der Waals surface area contributed by atoms with Gasteiger partial charge in [-0.05, 0) is 30.2 Å². The molecule has 0 aliphatic rings. The van der Waals surface area contributed by atoms with Crippen LogP contribution in [-0.2, 0) is 11.3 Å². The third-order valence-corrected chi connectivity index (χ3v) is 4.16. The molecular formula is C21H21N3O4. The minimum absolute atomic E-state index is 0.152. The fraction of sp³-hybridized carbons (Fsp3) is 0.238. The van der Waals surface area contributed by atoms with Gasteiger partial charge in [-0.2, -0.15) is 5.10 Å². The standard InChI is InChI=1S/C21H21N3O4/c1-13(2)12-24-20(26)17-10-5-4-9-16(17)18(23-24)19(25)22-15-8-6-7-14(11-15)21(27)28-3/h4-11,13H,12H2,1-3H3,(H,22,25). The summed E-state index contributed by atoms with van der Waals surface area (Å²) < 4.78 is 6.03. The Labute approximate surface area is 161 Å². The monoisotopic (exact) mass is 379 g/mol. The first kappa shape index (κ1) is 19.3. The molecule has 0 aliphatic heterocycles. The molecule has 3 rings (SSSR count). The molecular weight excluding hydrogens is 358 g/mol. The van der Waals surface area contributed by atoms with E-state index in [1.807, 2.05) is 13.8 Å². The summed E-state index contributed by atoms with van der Waals surface area (Å²) in [6.45, 7) is 4.35. The van der Waals surface area contributed by atoms with Crippen LogP contribution in [0.4, 0.5) is 5.69 Å². The highest BCUT2D eigenvalue weighted by Crippen LogP contribution is 2.17. The summed E-state index contributed by atoms with van der Waals surface area (Å²) >= 11 is 0. The summed E-state index contributed by atoms with van der Waals surface area (Å²) in [5.74, 6) is -0.764. The first-order valence-corrected chi connectivity index (χ1v) is 8.90. The van der Waals surface area contributed by atoms with E-state index in [2.05, 4.69) is 10.4 Å². The number of nitrogens with one attached hydrogen (secondary N) is 1. The van der Waals surface area contributed by atoms with E-state index in [1.54, 1.807) is 42.5 Å². The Balaban J connectivity index is 2.03. The van der Waals surface area contributed by atoms with Gasteiger partial charge in [-0.3, -0.25) is 9.59 Å². The summed E-state index contributed by atoms with van der Waals surface area (Å²) in [5, 5.41) is 7.97. The molecule has 3 aromatic rings. The zero-order valence-corrected chi connectivity index (χ0v) is 15.9. The molecule has 144 valence electrons. The third kappa shape index (κ3) is 3.93. The molecule has 7 heteroatoms. The van der Waals surface area contributed by atoms with Crippen molar-refractivity contribution < 1.29 is 14.3 Å². The van der Waals surface area contributed by atoms with Crippen molar-refractivity contribution in [2.24, 2.45) is 5.92 Å². The molecule has 28 heavy (non-hydrogen) atoms. The number of hydrogen-bond acceptors (Lipinski definition) is 5. The van der Waals surface area contributed by atoms with Crippen LogP contribution in [0, 0.1) is 5.92 Å². The quantitative estimate of drug-likeness (QED) is 0.688. The fourth-order valence-electron chi connectivity index (χ4n) is 2.90. The highest BCUT2D eigenvalue weighted by molar-refractivity contribution is 6.11. The largest absolute Gasteiger partial charge is 0.465 e. The van der Waals surface area contributed by atoms with Crippen LogP contribution in [0.25, 0.3) is 10.8 Å². The Kier molecular flexibility index (Phi) is 5.54. The molecule has 2 aromatic carbocycles. The second kappa shape index (κ2) is 8.04. The molecule has 1 N–H and O–H groups in total. The van der Waals surface area contributed by atoms with E-state index < -0.39 is 11.9 Å². The number of carbonyl (C=O) groups is 2. The maximum absolute atomic E-state index is 12.9. The number of amides is 1. The van der Waals surface area contributed by atoms with Crippen molar-refractivity contribution in [2.75, 3.05) is 12.4 Å². The van der Waals surface area contributed by atoms with Gasteiger partial charge in [0.25, 0.3) is 11.5 Å². The van der Waals surface area contributed by atoms with E-state index >= 15 is 0 Å². The number of rotatable bonds is 5. The van der Waals surface area contributed by atoms with Gasteiger partial charge in [0, 0.05) is 17.6 Å². The first-order valence-electron chi connectivity index (χ1n) is 8.90. The Hall–Kier alpha value is -3.48. The highest BCUT2D eigenvalue weighted by Gasteiger charge is 2.18. The van der Waals surface area contributed by atoms with Gasteiger partial charge in [-0.25, -0.2) is 9.48 Å². The summed E-state index contributed by atoms with van der Waals surface area (Å²) in [4.78, 5) is 37.3. The predicted molar refractivity (Wildman–Crippen MR) is 107 cm³/mol. The number of ether oxygens (including phenoxy) is 1. The molecule has 1 amide bonds. The third-order valence-electron chi connectivity index (χ3n) is 4.16.